The molecular weight excluding hydrogens is 116 g/mol. The van der Waals surface area contributed by atoms with Crippen molar-refractivity contribution in [2.24, 2.45) is 0 Å². The van der Waals surface area contributed by atoms with E-state index < -0.39 is 12.3 Å². The van der Waals surface area contributed by atoms with E-state index in [1.165, 1.54) is 20.8 Å². The molecule has 0 fully saturated rings. The summed E-state index contributed by atoms with van der Waals surface area (Å²) in [6.45, 7) is -1.13. The van der Waals surface area contributed by atoms with Crippen molar-refractivity contribution in [3.63, 3.8) is 0 Å². The van der Waals surface area contributed by atoms with Crippen LogP contribution in [0.1, 0.15) is 20.8 Å². The molecule has 0 atom stereocenters. The summed E-state index contributed by atoms with van der Waals surface area (Å²) in [6, 6.07) is 0. The smallest absolute Gasteiger partial charge is 0.449 e. The summed E-state index contributed by atoms with van der Waals surface area (Å²) < 4.78 is 34.9. The predicted octanol–water partition coefficient (Wildman–Crippen LogP) is 2.63. The second kappa shape index (κ2) is 1.67. The lowest BCUT2D eigenvalue weighted by Gasteiger charge is -2.29. The van der Waals surface area contributed by atoms with Gasteiger partial charge in [0.25, 0.3) is 0 Å². The molecule has 0 aliphatic rings. The molecule has 0 rings (SSSR count). The Bertz CT molecular complexity index is 66.3. The Hall–Kier alpha value is -0.145. The highest BCUT2D eigenvalue weighted by Gasteiger charge is 2.37. The maximum atomic E-state index is 11.6. The van der Waals surface area contributed by atoms with E-state index in [9.17, 15) is 12.9 Å². The van der Waals surface area contributed by atoms with E-state index in [1.54, 1.807) is 0 Å². The lowest BCUT2D eigenvalue weighted by atomic mass is 9.62. The Kier molecular flexibility index (Phi) is 1.64. The van der Waals surface area contributed by atoms with Crippen molar-refractivity contribution < 1.29 is 12.9 Å². The Morgan fingerprint density at radius 3 is 1.12 bits per heavy atom. The van der Waals surface area contributed by atoms with Crippen LogP contribution in [0.3, 0.4) is 0 Å². The fourth-order valence-electron chi connectivity index (χ4n) is 0. The van der Waals surface area contributed by atoms with Crippen molar-refractivity contribution in [1.29, 1.82) is 0 Å². The molecule has 0 N–H and O–H groups in total. The summed E-state index contributed by atoms with van der Waals surface area (Å²) in [5.41, 5.74) is 0. The lowest BCUT2D eigenvalue weighted by molar-refractivity contribution is 0.397. The quantitative estimate of drug-likeness (QED) is 0.436. The fraction of sp³-hybridized carbons (Fsp3) is 1.00. The Labute approximate surface area is 47.1 Å². The summed E-state index contributed by atoms with van der Waals surface area (Å²) in [4.78, 5) is 0. The third-order valence-corrected chi connectivity index (χ3v) is 0.982. The molecule has 0 radical (unpaired) electrons. The molecule has 0 bridgehead atoms. The van der Waals surface area contributed by atoms with Gasteiger partial charge in [-0.1, -0.05) is 26.1 Å². The first kappa shape index (κ1) is 7.85. The number of halogens is 3. The topological polar surface area (TPSA) is 0 Å². The fourth-order valence-corrected chi connectivity index (χ4v) is 0. The standard InChI is InChI=1S/C4H9BF3/c1-4(2,3)5(6,7)8/h1-3H3/q-1. The van der Waals surface area contributed by atoms with E-state index in [-0.39, 0.29) is 0 Å². The number of hydrogen-bond acceptors (Lipinski definition) is 0. The Balaban J connectivity index is 4.02. The van der Waals surface area contributed by atoms with E-state index >= 15 is 0 Å². The minimum absolute atomic E-state index is 1.17. The zero-order chi connectivity index (χ0) is 7.00. The third-order valence-electron chi connectivity index (χ3n) is 0.982. The number of hydrogen-bond donors (Lipinski definition) is 0. The highest BCUT2D eigenvalue weighted by molar-refractivity contribution is 6.61. The van der Waals surface area contributed by atoms with Crippen LogP contribution in [-0.4, -0.2) is 6.98 Å². The molecule has 0 heterocycles. The number of rotatable bonds is 0. The largest absolute Gasteiger partial charge is 0.483 e. The van der Waals surface area contributed by atoms with Crippen LogP contribution >= 0.6 is 0 Å². The summed E-state index contributed by atoms with van der Waals surface area (Å²) >= 11 is 0. The minimum Gasteiger partial charge on any atom is -0.449 e. The van der Waals surface area contributed by atoms with Crippen LogP contribution in [0.2, 0.25) is 5.31 Å². The average molecular weight is 125 g/mol. The zero-order valence-electron chi connectivity index (χ0n) is 5.21. The van der Waals surface area contributed by atoms with Crippen LogP contribution in [0.15, 0.2) is 0 Å². The van der Waals surface area contributed by atoms with Crippen molar-refractivity contribution in [1.82, 2.24) is 0 Å². The molecule has 0 spiro atoms. The summed E-state index contributed by atoms with van der Waals surface area (Å²) in [7, 11) is 0. The zero-order valence-corrected chi connectivity index (χ0v) is 5.21. The van der Waals surface area contributed by atoms with Gasteiger partial charge in [-0.2, -0.15) is 0 Å². The van der Waals surface area contributed by atoms with Gasteiger partial charge in [0.05, 0.1) is 0 Å². The molecule has 8 heavy (non-hydrogen) atoms. The molecule has 50 valence electrons. The van der Waals surface area contributed by atoms with Crippen molar-refractivity contribution in [2.45, 2.75) is 26.1 Å². The van der Waals surface area contributed by atoms with Gasteiger partial charge in [-0.3, -0.25) is 0 Å². The Morgan fingerprint density at radius 1 is 1.00 bits per heavy atom. The highest BCUT2D eigenvalue weighted by atomic mass is 19.4. The second-order valence-corrected chi connectivity index (χ2v) is 2.94. The molecule has 0 aromatic carbocycles. The molecule has 4 heteroatoms. The molecule has 0 unspecified atom stereocenters. The summed E-state index contributed by atoms with van der Waals surface area (Å²) in [5, 5.41) is -1.50. The predicted molar refractivity (Wildman–Crippen MR) is 28.8 cm³/mol. The van der Waals surface area contributed by atoms with E-state index in [1.807, 2.05) is 0 Å². The molecule has 0 saturated heterocycles. The summed E-state index contributed by atoms with van der Waals surface area (Å²) in [5.74, 6) is 0. The van der Waals surface area contributed by atoms with Gasteiger partial charge in [-0.25, -0.2) is 0 Å². The van der Waals surface area contributed by atoms with Gasteiger partial charge in [0.2, 0.25) is 0 Å². The average Bonchev–Trinajstić information content (AvgIpc) is 1.25. The van der Waals surface area contributed by atoms with Gasteiger partial charge in [-0.15, -0.1) is 0 Å². The van der Waals surface area contributed by atoms with Crippen LogP contribution in [0.5, 0.6) is 0 Å². The first-order chi connectivity index (χ1) is 3.25. The first-order valence-corrected chi connectivity index (χ1v) is 2.44. The van der Waals surface area contributed by atoms with E-state index in [0.29, 0.717) is 0 Å². The molecule has 0 aliphatic heterocycles. The van der Waals surface area contributed by atoms with Gasteiger partial charge in [0.15, 0.2) is 0 Å². The molecule has 0 saturated carbocycles. The molecule has 0 aromatic rings. The van der Waals surface area contributed by atoms with Crippen LogP contribution < -0.4 is 0 Å². The van der Waals surface area contributed by atoms with Crippen LogP contribution in [0, 0.1) is 0 Å². The third kappa shape index (κ3) is 1.76. The van der Waals surface area contributed by atoms with Gasteiger partial charge < -0.3 is 12.9 Å². The van der Waals surface area contributed by atoms with E-state index in [4.69, 9.17) is 0 Å². The SMILES string of the molecule is CC(C)(C)[B-](F)(F)F. The van der Waals surface area contributed by atoms with Crippen molar-refractivity contribution in [2.75, 3.05) is 0 Å². The molecule has 0 aromatic heterocycles. The highest BCUT2D eigenvalue weighted by Crippen LogP contribution is 2.38. The Morgan fingerprint density at radius 2 is 1.12 bits per heavy atom. The van der Waals surface area contributed by atoms with Gasteiger partial charge in [0.1, 0.15) is 0 Å². The van der Waals surface area contributed by atoms with E-state index in [2.05, 4.69) is 0 Å². The van der Waals surface area contributed by atoms with Gasteiger partial charge in [0, 0.05) is 0 Å². The normalized spacial score (nSPS) is 14.2. The van der Waals surface area contributed by atoms with Crippen molar-refractivity contribution in [3.8, 4) is 0 Å². The molecule has 0 amide bonds. The molecule has 0 aliphatic carbocycles. The van der Waals surface area contributed by atoms with Crippen LogP contribution in [0.25, 0.3) is 0 Å². The lowest BCUT2D eigenvalue weighted by Crippen LogP contribution is -2.28. The minimum atomic E-state index is -4.65. The first-order valence-electron chi connectivity index (χ1n) is 2.44. The van der Waals surface area contributed by atoms with Gasteiger partial charge >= 0.3 is 6.98 Å². The van der Waals surface area contributed by atoms with Crippen LogP contribution in [0.4, 0.5) is 12.9 Å². The van der Waals surface area contributed by atoms with Crippen molar-refractivity contribution >= 4 is 6.98 Å². The maximum Gasteiger partial charge on any atom is 0.483 e. The maximum absolute atomic E-state index is 11.6. The molecular formula is C4H9BF3-. The van der Waals surface area contributed by atoms with Gasteiger partial charge in [-0.05, 0) is 0 Å². The van der Waals surface area contributed by atoms with Crippen molar-refractivity contribution in [3.05, 3.63) is 0 Å². The second-order valence-electron chi connectivity index (χ2n) is 2.94. The van der Waals surface area contributed by atoms with Crippen LogP contribution in [-0.2, 0) is 0 Å². The molecule has 0 nitrogen and oxygen atoms in total. The van der Waals surface area contributed by atoms with E-state index in [0.717, 1.165) is 0 Å². The summed E-state index contributed by atoms with van der Waals surface area (Å²) in [6.07, 6.45) is 0. The monoisotopic (exact) mass is 125 g/mol.